The van der Waals surface area contributed by atoms with Crippen molar-refractivity contribution in [2.75, 3.05) is 18.2 Å². The molecular weight excluding hydrogens is 300 g/mol. The summed E-state index contributed by atoms with van der Waals surface area (Å²) in [6.45, 7) is 2.83. The van der Waals surface area contributed by atoms with E-state index in [4.69, 9.17) is 0 Å². The molecule has 0 unspecified atom stereocenters. The molecule has 1 aromatic heterocycles. The van der Waals surface area contributed by atoms with Crippen LogP contribution in [-0.2, 0) is 11.3 Å². The Balaban J connectivity index is 1.84. The number of carbonyl (C=O) groups excluding carboxylic acids is 1. The summed E-state index contributed by atoms with van der Waals surface area (Å²) in [6, 6.07) is 7.07. The van der Waals surface area contributed by atoms with Gasteiger partial charge in [0.2, 0.25) is 5.91 Å². The van der Waals surface area contributed by atoms with E-state index in [1.807, 2.05) is 19.1 Å². The minimum Gasteiger partial charge on any atom is -0.334 e. The molecule has 0 radical (unpaired) electrons. The van der Waals surface area contributed by atoms with Crippen molar-refractivity contribution in [3.8, 4) is 0 Å². The molecule has 0 spiro atoms. The molecule has 1 aliphatic heterocycles. The second-order valence-electron chi connectivity index (χ2n) is 5.15. The van der Waals surface area contributed by atoms with Crippen molar-refractivity contribution >= 4 is 28.6 Å². The number of H-pyrrole nitrogens is 1. The Hall–Kier alpha value is -1.86. The highest BCUT2D eigenvalue weighted by Crippen LogP contribution is 2.13. The van der Waals surface area contributed by atoms with Crippen LogP contribution in [0.3, 0.4) is 0 Å². The molecule has 2 aromatic rings. The van der Waals surface area contributed by atoms with Crippen LogP contribution >= 0.6 is 11.8 Å². The molecule has 2 heterocycles. The van der Waals surface area contributed by atoms with E-state index < -0.39 is 0 Å². The standard InChI is InChI=1S/C15H18N4O2S/c1-2-19(15(21)12-8-22-9-16-12)7-13-17-11-6-4-3-5-10(11)14(20)18-13/h3-6,12,16H,2,7-9H2,1H3,(H,17,18,20)/t12-/m0/s1. The SMILES string of the molecule is CCN(Cc1nc2ccccc2c(=O)[nH]1)C(=O)[C@@H]1CSCN1. The van der Waals surface area contributed by atoms with Crippen molar-refractivity contribution in [3.05, 3.63) is 40.4 Å². The van der Waals surface area contributed by atoms with Crippen LogP contribution in [0, 0.1) is 0 Å². The van der Waals surface area contributed by atoms with E-state index in [2.05, 4.69) is 15.3 Å². The fourth-order valence-corrected chi connectivity index (χ4v) is 3.44. The first-order valence-electron chi connectivity index (χ1n) is 7.27. The lowest BCUT2D eigenvalue weighted by Gasteiger charge is -2.23. The minimum atomic E-state index is -0.168. The smallest absolute Gasteiger partial charge is 0.258 e. The Morgan fingerprint density at radius 1 is 1.45 bits per heavy atom. The van der Waals surface area contributed by atoms with E-state index in [1.54, 1.807) is 28.8 Å². The fraction of sp³-hybridized carbons (Fsp3) is 0.400. The lowest BCUT2D eigenvalue weighted by Crippen LogP contribution is -2.44. The molecule has 7 heteroatoms. The molecule has 22 heavy (non-hydrogen) atoms. The number of amides is 1. The fourth-order valence-electron chi connectivity index (χ4n) is 2.51. The van der Waals surface area contributed by atoms with E-state index in [-0.39, 0.29) is 17.5 Å². The number of benzene rings is 1. The van der Waals surface area contributed by atoms with Gasteiger partial charge >= 0.3 is 0 Å². The van der Waals surface area contributed by atoms with Gasteiger partial charge in [0.05, 0.1) is 23.5 Å². The third kappa shape index (κ3) is 3.00. The number of rotatable bonds is 4. The minimum absolute atomic E-state index is 0.0586. The maximum absolute atomic E-state index is 12.5. The van der Waals surface area contributed by atoms with Crippen molar-refractivity contribution in [1.82, 2.24) is 20.2 Å². The molecular formula is C15H18N4O2S. The van der Waals surface area contributed by atoms with Gasteiger partial charge in [0.15, 0.2) is 0 Å². The normalized spacial score (nSPS) is 17.8. The van der Waals surface area contributed by atoms with Crippen LogP contribution in [0.2, 0.25) is 0 Å². The molecule has 1 saturated heterocycles. The van der Waals surface area contributed by atoms with E-state index in [0.29, 0.717) is 29.8 Å². The van der Waals surface area contributed by atoms with Gasteiger partial charge in [0, 0.05) is 18.2 Å². The molecule has 1 aromatic carbocycles. The van der Waals surface area contributed by atoms with E-state index in [0.717, 1.165) is 11.6 Å². The van der Waals surface area contributed by atoms with E-state index in [9.17, 15) is 9.59 Å². The molecule has 1 atom stereocenters. The summed E-state index contributed by atoms with van der Waals surface area (Å²) in [5.74, 6) is 2.17. The lowest BCUT2D eigenvalue weighted by atomic mass is 10.2. The van der Waals surface area contributed by atoms with Crippen molar-refractivity contribution in [2.45, 2.75) is 19.5 Å². The number of likely N-dealkylation sites (N-methyl/N-ethyl adjacent to an activating group) is 1. The summed E-state index contributed by atoms with van der Waals surface area (Å²) >= 11 is 1.72. The van der Waals surface area contributed by atoms with Crippen LogP contribution in [0.1, 0.15) is 12.7 Å². The number of thioether (sulfide) groups is 1. The van der Waals surface area contributed by atoms with Gasteiger partial charge in [-0.05, 0) is 19.1 Å². The topological polar surface area (TPSA) is 78.1 Å². The number of fused-ring (bicyclic) bond motifs is 1. The average Bonchev–Trinajstić information content (AvgIpc) is 3.06. The molecule has 3 rings (SSSR count). The Bertz CT molecular complexity index is 740. The Morgan fingerprint density at radius 3 is 3.00 bits per heavy atom. The van der Waals surface area contributed by atoms with Gasteiger partial charge < -0.3 is 9.88 Å². The van der Waals surface area contributed by atoms with Crippen LogP contribution in [0.25, 0.3) is 10.9 Å². The number of carbonyl (C=O) groups is 1. The highest BCUT2D eigenvalue weighted by atomic mass is 32.2. The summed E-state index contributed by atoms with van der Waals surface area (Å²) < 4.78 is 0. The number of hydrogen-bond acceptors (Lipinski definition) is 5. The first-order chi connectivity index (χ1) is 10.7. The highest BCUT2D eigenvalue weighted by molar-refractivity contribution is 7.99. The molecule has 116 valence electrons. The second-order valence-corrected chi connectivity index (χ2v) is 6.18. The Labute approximate surface area is 132 Å². The van der Waals surface area contributed by atoms with E-state index in [1.165, 1.54) is 0 Å². The first kappa shape index (κ1) is 15.1. The summed E-state index contributed by atoms with van der Waals surface area (Å²) in [5.41, 5.74) is 0.484. The second kappa shape index (κ2) is 6.50. The lowest BCUT2D eigenvalue weighted by molar-refractivity contribution is -0.133. The Morgan fingerprint density at radius 2 is 2.27 bits per heavy atom. The summed E-state index contributed by atoms with van der Waals surface area (Å²) in [5, 5.41) is 3.74. The van der Waals surface area contributed by atoms with Crippen LogP contribution in [0.5, 0.6) is 0 Å². The first-order valence-corrected chi connectivity index (χ1v) is 8.42. The van der Waals surface area contributed by atoms with Crippen molar-refractivity contribution in [3.63, 3.8) is 0 Å². The number of nitrogens with zero attached hydrogens (tertiary/aromatic N) is 2. The van der Waals surface area contributed by atoms with Crippen LogP contribution in [0.4, 0.5) is 0 Å². The molecule has 1 fully saturated rings. The zero-order chi connectivity index (χ0) is 15.5. The quantitative estimate of drug-likeness (QED) is 0.877. The van der Waals surface area contributed by atoms with Crippen LogP contribution < -0.4 is 10.9 Å². The summed E-state index contributed by atoms with van der Waals surface area (Å²) in [7, 11) is 0. The molecule has 1 amide bonds. The third-order valence-electron chi connectivity index (χ3n) is 3.71. The summed E-state index contributed by atoms with van der Waals surface area (Å²) in [4.78, 5) is 33.5. The molecule has 0 aliphatic carbocycles. The number of aromatic amines is 1. The zero-order valence-electron chi connectivity index (χ0n) is 12.3. The van der Waals surface area contributed by atoms with E-state index >= 15 is 0 Å². The molecule has 0 saturated carbocycles. The summed E-state index contributed by atoms with van der Waals surface area (Å²) in [6.07, 6.45) is 0. The predicted octanol–water partition coefficient (Wildman–Crippen LogP) is 0.934. The van der Waals surface area contributed by atoms with Crippen molar-refractivity contribution < 1.29 is 4.79 Å². The van der Waals surface area contributed by atoms with Crippen molar-refractivity contribution in [2.24, 2.45) is 0 Å². The van der Waals surface area contributed by atoms with Gasteiger partial charge in [-0.25, -0.2) is 4.98 Å². The maximum Gasteiger partial charge on any atom is 0.258 e. The van der Waals surface area contributed by atoms with Gasteiger partial charge in [-0.3, -0.25) is 14.9 Å². The Kier molecular flexibility index (Phi) is 4.44. The van der Waals surface area contributed by atoms with Gasteiger partial charge in [0.1, 0.15) is 5.82 Å². The van der Waals surface area contributed by atoms with Gasteiger partial charge in [-0.1, -0.05) is 12.1 Å². The molecule has 2 N–H and O–H groups in total. The number of nitrogens with one attached hydrogen (secondary N) is 2. The number of hydrogen-bond donors (Lipinski definition) is 2. The third-order valence-corrected chi connectivity index (χ3v) is 4.65. The largest absolute Gasteiger partial charge is 0.334 e. The highest BCUT2D eigenvalue weighted by Gasteiger charge is 2.27. The monoisotopic (exact) mass is 318 g/mol. The van der Waals surface area contributed by atoms with Crippen molar-refractivity contribution in [1.29, 1.82) is 0 Å². The van der Waals surface area contributed by atoms with Gasteiger partial charge in [-0.2, -0.15) is 0 Å². The maximum atomic E-state index is 12.5. The number of aromatic nitrogens is 2. The molecule has 1 aliphatic rings. The average molecular weight is 318 g/mol. The van der Waals surface area contributed by atoms with Gasteiger partial charge in [-0.15, -0.1) is 11.8 Å². The van der Waals surface area contributed by atoms with Crippen LogP contribution in [0.15, 0.2) is 29.1 Å². The van der Waals surface area contributed by atoms with Crippen LogP contribution in [-0.4, -0.2) is 45.0 Å². The van der Waals surface area contributed by atoms with Gasteiger partial charge in [0.25, 0.3) is 5.56 Å². The predicted molar refractivity (Wildman–Crippen MR) is 87.7 cm³/mol. The molecule has 0 bridgehead atoms. The molecule has 6 nitrogen and oxygen atoms in total. The number of para-hydroxylation sites is 1. The zero-order valence-corrected chi connectivity index (χ0v) is 13.2.